The average molecular weight is 1290 g/mol. The van der Waals surface area contributed by atoms with Crippen LogP contribution in [0, 0.1) is 17.8 Å². The van der Waals surface area contributed by atoms with Crippen molar-refractivity contribution < 1.29 is 109 Å². The van der Waals surface area contributed by atoms with Crippen molar-refractivity contribution in [3.05, 3.63) is 168 Å². The second-order valence-electron chi connectivity index (χ2n) is 22.9. The van der Waals surface area contributed by atoms with Crippen LogP contribution in [0.5, 0.6) is 11.5 Å². The summed E-state index contributed by atoms with van der Waals surface area (Å²) in [6, 6.07) is 38.6. The van der Waals surface area contributed by atoms with Crippen LogP contribution >= 0.6 is 0 Å². The highest BCUT2D eigenvalue weighted by Crippen LogP contribution is 2.41. The van der Waals surface area contributed by atoms with Gasteiger partial charge in [-0.3, -0.25) is 9.59 Å². The fourth-order valence-electron chi connectivity index (χ4n) is 11.3. The molecule has 25 nitrogen and oxygen atoms in total. The predicted molar refractivity (Wildman–Crippen MR) is 325 cm³/mol. The maximum Gasteiger partial charge on any atom is 0.338 e. The van der Waals surface area contributed by atoms with Crippen molar-refractivity contribution in [2.75, 3.05) is 34.5 Å². The van der Waals surface area contributed by atoms with Crippen LogP contribution in [0.2, 0.25) is 0 Å². The molecule has 5 aromatic carbocycles. The molecule has 0 aromatic heterocycles. The van der Waals surface area contributed by atoms with E-state index in [1.165, 1.54) is 33.1 Å². The summed E-state index contributed by atoms with van der Waals surface area (Å²) in [5, 5.41) is 0. The van der Waals surface area contributed by atoms with Gasteiger partial charge < -0.3 is 92.0 Å². The monoisotopic (exact) mass is 1290 g/mol. The number of hydrogen-bond acceptors (Lipinski definition) is 25. The Bertz CT molecular complexity index is 3230. The lowest BCUT2D eigenvalue weighted by atomic mass is 9.82. The van der Waals surface area contributed by atoms with Crippen LogP contribution in [0.1, 0.15) is 66.5 Å². The number of carbonyl (C=O) groups is 6. The first-order chi connectivity index (χ1) is 44.8. The molecule has 8 unspecified atom stereocenters. The Morgan fingerprint density at radius 2 is 0.817 bits per heavy atom. The van der Waals surface area contributed by atoms with Crippen LogP contribution in [-0.4, -0.2) is 175 Å². The molecule has 4 saturated heterocycles. The van der Waals surface area contributed by atoms with Gasteiger partial charge in [-0.05, 0) is 71.5 Å². The third-order valence-electron chi connectivity index (χ3n) is 16.8. The molecule has 4 aliphatic rings. The van der Waals surface area contributed by atoms with Crippen LogP contribution in [0.4, 0.5) is 0 Å². The molecule has 4 aliphatic heterocycles. The Morgan fingerprint density at radius 1 is 0.419 bits per heavy atom. The summed E-state index contributed by atoms with van der Waals surface area (Å²) < 4.78 is 107. The number of esters is 6. The summed E-state index contributed by atoms with van der Waals surface area (Å²) in [4.78, 5) is 82.4. The number of carbonyl (C=O) groups excluding carboxylic acids is 6. The van der Waals surface area contributed by atoms with E-state index in [0.29, 0.717) is 16.9 Å². The Balaban J connectivity index is 1.09. The fourth-order valence-corrected chi connectivity index (χ4v) is 11.3. The van der Waals surface area contributed by atoms with Crippen molar-refractivity contribution in [1.82, 2.24) is 0 Å². The third kappa shape index (κ3) is 17.5. The Kier molecular flexibility index (Phi) is 24.5. The summed E-state index contributed by atoms with van der Waals surface area (Å²) >= 11 is 0. The van der Waals surface area contributed by atoms with Crippen LogP contribution in [-0.2, 0) is 103 Å². The predicted octanol–water partition coefficient (Wildman–Crippen LogP) is 5.79. The number of hydrogen-bond donors (Lipinski definition) is 2. The number of benzene rings is 5. The minimum atomic E-state index is -1.80. The van der Waals surface area contributed by atoms with E-state index in [1.807, 2.05) is 26.0 Å². The van der Waals surface area contributed by atoms with Crippen LogP contribution in [0.15, 0.2) is 146 Å². The highest BCUT2D eigenvalue weighted by Gasteiger charge is 2.60. The molecule has 0 amide bonds. The van der Waals surface area contributed by atoms with Gasteiger partial charge in [0.15, 0.2) is 43.3 Å². The standard InChI is InChI=1S/C68H80N2O23/c1-37-38(2)50(69)65(85-48(37)35-80-40(4)71)90-56-54(83-34-43-23-15-10-16-24-43)60(88-62(74)45-27-19-12-20-28-45)68(93-58(56)64(76)79-8)89-52-39(3)51(70)66(86-49(52)36-81-41(5)72)91-55-53(82-33-42-21-13-9-14-22-42)59(87-61(73)44-25-17-11-18-26-44)67(92-57(55)63(75)78-7)84-47-31-29-46(77-6)30-32-47/h9-32,37-39,48-60,65-68H,33-36,69-70H2,1-8H3/t37-,38-,39+,48?,49?,50?,51?,52-,53+,54+,55+,56+,57?,58?,59?,60?,65-,66-,67+,68+/m0/s1. The molecule has 0 aliphatic carbocycles. The van der Waals surface area contributed by atoms with Crippen molar-refractivity contribution in [1.29, 1.82) is 0 Å². The molecule has 0 bridgehead atoms. The molecule has 9 rings (SSSR count). The van der Waals surface area contributed by atoms with E-state index in [0.717, 1.165) is 14.2 Å². The maximum atomic E-state index is 14.6. The third-order valence-corrected chi connectivity index (χ3v) is 16.8. The zero-order valence-electron chi connectivity index (χ0n) is 52.8. The largest absolute Gasteiger partial charge is 0.497 e. The van der Waals surface area contributed by atoms with Gasteiger partial charge in [-0.1, -0.05) is 118 Å². The van der Waals surface area contributed by atoms with E-state index in [4.69, 9.17) is 92.0 Å². The van der Waals surface area contributed by atoms with E-state index < -0.39 is 153 Å². The van der Waals surface area contributed by atoms with Crippen LogP contribution in [0.25, 0.3) is 0 Å². The van der Waals surface area contributed by atoms with Gasteiger partial charge in [0.1, 0.15) is 55.2 Å². The highest BCUT2D eigenvalue weighted by molar-refractivity contribution is 5.90. The first-order valence-electron chi connectivity index (χ1n) is 30.5. The summed E-state index contributed by atoms with van der Waals surface area (Å²) in [7, 11) is 3.78. The smallest absolute Gasteiger partial charge is 0.338 e. The number of rotatable bonds is 25. The molecule has 0 saturated carbocycles. The molecule has 4 fully saturated rings. The second kappa shape index (κ2) is 32.8. The molecule has 4 N–H and O–H groups in total. The van der Waals surface area contributed by atoms with Crippen LogP contribution < -0.4 is 20.9 Å². The summed E-state index contributed by atoms with van der Waals surface area (Å²) in [5.41, 5.74) is 15.7. The Morgan fingerprint density at radius 3 is 1.27 bits per heavy atom. The minimum Gasteiger partial charge on any atom is -0.497 e. The van der Waals surface area contributed by atoms with Gasteiger partial charge in [0.25, 0.3) is 0 Å². The van der Waals surface area contributed by atoms with E-state index in [9.17, 15) is 28.8 Å². The van der Waals surface area contributed by atoms with Gasteiger partial charge >= 0.3 is 35.8 Å². The van der Waals surface area contributed by atoms with E-state index in [1.54, 1.807) is 128 Å². The Hall–Kier alpha value is -7.92. The summed E-state index contributed by atoms with van der Waals surface area (Å²) in [6.07, 6.45) is -22.4. The molecule has 4 heterocycles. The molecule has 5 aromatic rings. The van der Waals surface area contributed by atoms with Gasteiger partial charge in [0.05, 0.1) is 70.0 Å². The van der Waals surface area contributed by atoms with Gasteiger partial charge in [-0.2, -0.15) is 0 Å². The molecular weight excluding hydrogens is 1210 g/mol. The quantitative estimate of drug-likeness (QED) is 0.0516. The molecule has 25 heteroatoms. The lowest BCUT2D eigenvalue weighted by molar-refractivity contribution is -0.366. The molecule has 500 valence electrons. The molecule has 93 heavy (non-hydrogen) atoms. The second-order valence-corrected chi connectivity index (χ2v) is 22.9. The fraction of sp³-hybridized carbons (Fsp3) is 0.471. The van der Waals surface area contributed by atoms with Crippen molar-refractivity contribution >= 4 is 35.8 Å². The zero-order chi connectivity index (χ0) is 66.3. The number of methoxy groups -OCH3 is 3. The van der Waals surface area contributed by atoms with E-state index in [2.05, 4.69) is 0 Å². The normalized spacial score (nSPS) is 30.9. The van der Waals surface area contributed by atoms with Gasteiger partial charge in [0.2, 0.25) is 6.29 Å². The van der Waals surface area contributed by atoms with Gasteiger partial charge in [-0.25, -0.2) is 19.2 Å². The maximum absolute atomic E-state index is 14.6. The summed E-state index contributed by atoms with van der Waals surface area (Å²) in [6.45, 7) is 6.94. The van der Waals surface area contributed by atoms with Crippen LogP contribution in [0.3, 0.4) is 0 Å². The lowest BCUT2D eigenvalue weighted by Crippen LogP contribution is -2.68. The molecule has 0 radical (unpaired) electrons. The van der Waals surface area contributed by atoms with Crippen molar-refractivity contribution in [3.63, 3.8) is 0 Å². The average Bonchev–Trinajstić information content (AvgIpc) is 0.902. The van der Waals surface area contributed by atoms with Gasteiger partial charge in [-0.15, -0.1) is 0 Å². The number of ether oxygens (including phenoxy) is 17. The zero-order valence-corrected chi connectivity index (χ0v) is 52.8. The lowest BCUT2D eigenvalue weighted by Gasteiger charge is -2.51. The molecular formula is C68H80N2O23. The summed E-state index contributed by atoms with van der Waals surface area (Å²) in [5.74, 6) is -5.65. The topological polar surface area (TPSA) is 311 Å². The molecule has 20 atom stereocenters. The molecule has 0 spiro atoms. The van der Waals surface area contributed by atoms with Gasteiger partial charge in [0, 0.05) is 19.8 Å². The Labute approximate surface area is 538 Å². The van der Waals surface area contributed by atoms with Crippen molar-refractivity contribution in [2.45, 2.75) is 152 Å². The SMILES string of the molecule is COC(=O)C1O[C@@H](O[C@@H]2C(COC(C)=O)O[C@@H](O[C@H]3C(C(=O)OC)O[C@@H](Oc4ccc(OC)cc4)C(OC(=O)c4ccccc4)[C@@H]3OCc3ccccc3)C(N)[C@H]2C)C(OC(=O)c2ccccc2)[C@H](OCc2ccccc2)[C@H]1O[C@@H]1OC(COC(C)=O)[C@@H](C)[C@H](C)C1N. The van der Waals surface area contributed by atoms with E-state index >= 15 is 0 Å². The first-order valence-corrected chi connectivity index (χ1v) is 30.5. The minimum absolute atomic E-state index is 0.113. The van der Waals surface area contributed by atoms with E-state index in [-0.39, 0.29) is 48.5 Å². The van der Waals surface area contributed by atoms with Crippen molar-refractivity contribution in [3.8, 4) is 11.5 Å². The van der Waals surface area contributed by atoms with Crippen molar-refractivity contribution in [2.24, 2.45) is 29.2 Å². The number of nitrogens with two attached hydrogens (primary N) is 2. The first kappa shape index (κ1) is 69.4. The highest BCUT2D eigenvalue weighted by atomic mass is 16.8.